The molecule has 8 heteroatoms. The second-order valence-electron chi connectivity index (χ2n) is 19.4. The third kappa shape index (κ3) is 5.63. The smallest absolute Gasteiger partial charge is 0.408 e. The molecule has 5 rings (SSSR count). The summed E-state index contributed by atoms with van der Waals surface area (Å²) in [5, 5.41) is 6.19. The number of alkyl carbamates (subject to hydrolysis) is 1. The van der Waals surface area contributed by atoms with E-state index in [2.05, 4.69) is 59.1 Å². The van der Waals surface area contributed by atoms with Crippen molar-refractivity contribution in [3.63, 3.8) is 0 Å². The molecule has 4 fully saturated rings. The van der Waals surface area contributed by atoms with Gasteiger partial charge in [-0.25, -0.2) is 4.79 Å². The second-order valence-corrected chi connectivity index (χ2v) is 19.4. The molecule has 5 aliphatic carbocycles. The van der Waals surface area contributed by atoms with Crippen molar-refractivity contribution in [2.45, 2.75) is 171 Å². The fraction of sp³-hybridized carbons (Fsp3) is 0.850. The van der Waals surface area contributed by atoms with Crippen LogP contribution in [-0.2, 0) is 23.9 Å². The Labute approximate surface area is 289 Å². The monoisotopic (exact) mass is 668 g/mol. The van der Waals surface area contributed by atoms with E-state index in [1.54, 1.807) is 34.6 Å². The first-order chi connectivity index (χ1) is 21.8. The van der Waals surface area contributed by atoms with Crippen LogP contribution in [0.4, 0.5) is 4.79 Å². The highest BCUT2D eigenvalue weighted by Gasteiger charge is 2.70. The van der Waals surface area contributed by atoms with Crippen LogP contribution >= 0.6 is 0 Å². The maximum absolute atomic E-state index is 14.1. The minimum absolute atomic E-state index is 0.0423. The summed E-state index contributed by atoms with van der Waals surface area (Å²) in [5.74, 6) is 0.875. The molecule has 4 saturated carbocycles. The van der Waals surface area contributed by atoms with E-state index in [0.717, 1.165) is 50.5 Å². The van der Waals surface area contributed by atoms with Crippen molar-refractivity contribution in [1.82, 2.24) is 10.6 Å². The number of hydrogen-bond acceptors (Lipinski definition) is 6. The third-order valence-electron chi connectivity index (χ3n) is 14.4. The fourth-order valence-corrected chi connectivity index (χ4v) is 12.1. The molecule has 0 heterocycles. The first-order valence-electron chi connectivity index (χ1n) is 18.6. The van der Waals surface area contributed by atoms with Gasteiger partial charge in [-0.3, -0.25) is 14.4 Å². The average molecular weight is 669 g/mol. The zero-order chi connectivity index (χ0) is 36.0. The SMILES string of the molecule is CC(=O)OC1CCC2(C)C(CCC3(C)C2CCC2C4=C(C(C)C)C(=O)CC4(NC(=O)C(C)(C)NC(=O)OC(C)(C)C)CCC23C)C1(C)C. The number of rotatable bonds is 5. The molecule has 0 aromatic carbocycles. The van der Waals surface area contributed by atoms with Crippen molar-refractivity contribution in [3.05, 3.63) is 11.1 Å². The number of esters is 1. The van der Waals surface area contributed by atoms with Crippen LogP contribution in [0.1, 0.15) is 148 Å². The molecule has 2 amide bonds. The van der Waals surface area contributed by atoms with Crippen LogP contribution in [0, 0.1) is 45.3 Å². The number of hydrogen-bond donors (Lipinski definition) is 2. The van der Waals surface area contributed by atoms with Gasteiger partial charge in [-0.1, -0.05) is 48.5 Å². The number of allylic oxidation sites excluding steroid dienone is 1. The molecule has 0 aliphatic heterocycles. The Balaban J connectivity index is 1.49. The van der Waals surface area contributed by atoms with Crippen LogP contribution in [0.3, 0.4) is 0 Å². The summed E-state index contributed by atoms with van der Waals surface area (Å²) in [6, 6.07) is 0. The van der Waals surface area contributed by atoms with Crippen molar-refractivity contribution in [1.29, 1.82) is 0 Å². The lowest BCUT2D eigenvalue weighted by Gasteiger charge is -2.72. The van der Waals surface area contributed by atoms with Gasteiger partial charge in [-0.05, 0) is 137 Å². The van der Waals surface area contributed by atoms with Crippen LogP contribution in [0.15, 0.2) is 11.1 Å². The number of carbonyl (C=O) groups is 4. The first kappa shape index (κ1) is 36.9. The maximum atomic E-state index is 14.1. The molecule has 8 unspecified atom stereocenters. The molecule has 48 heavy (non-hydrogen) atoms. The summed E-state index contributed by atoms with van der Waals surface area (Å²) in [7, 11) is 0. The molecule has 0 spiro atoms. The fourth-order valence-electron chi connectivity index (χ4n) is 12.1. The van der Waals surface area contributed by atoms with E-state index < -0.39 is 22.8 Å². The first-order valence-corrected chi connectivity index (χ1v) is 18.6. The van der Waals surface area contributed by atoms with E-state index in [1.807, 2.05) is 0 Å². The summed E-state index contributed by atoms with van der Waals surface area (Å²) >= 11 is 0. The van der Waals surface area contributed by atoms with Crippen molar-refractivity contribution < 1.29 is 28.7 Å². The Morgan fingerprint density at radius 3 is 2.06 bits per heavy atom. The second kappa shape index (κ2) is 11.6. The molecule has 2 N–H and O–H groups in total. The molecule has 0 aromatic rings. The van der Waals surface area contributed by atoms with Crippen LogP contribution in [0.2, 0.25) is 0 Å². The third-order valence-corrected chi connectivity index (χ3v) is 14.4. The van der Waals surface area contributed by atoms with Gasteiger partial charge >= 0.3 is 12.1 Å². The molecule has 270 valence electrons. The lowest BCUT2D eigenvalue weighted by molar-refractivity contribution is -0.231. The Kier molecular flexibility index (Phi) is 8.90. The molecular formula is C40H64N2O6. The summed E-state index contributed by atoms with van der Waals surface area (Å²) < 4.78 is 11.4. The molecular weight excluding hydrogens is 604 g/mol. The molecule has 0 saturated heterocycles. The zero-order valence-corrected chi connectivity index (χ0v) is 32.2. The van der Waals surface area contributed by atoms with Gasteiger partial charge in [0.2, 0.25) is 5.91 Å². The summed E-state index contributed by atoms with van der Waals surface area (Å²) in [6.45, 7) is 26.7. The Bertz CT molecular complexity index is 1400. The Morgan fingerprint density at radius 1 is 0.833 bits per heavy atom. The van der Waals surface area contributed by atoms with Crippen LogP contribution in [-0.4, -0.2) is 46.5 Å². The van der Waals surface area contributed by atoms with Gasteiger partial charge in [0.1, 0.15) is 17.2 Å². The summed E-state index contributed by atoms with van der Waals surface area (Å²) in [6.07, 6.45) is 7.43. The van der Waals surface area contributed by atoms with Gasteiger partial charge in [0, 0.05) is 18.8 Å². The molecule has 8 nitrogen and oxygen atoms in total. The molecule has 0 aromatic heterocycles. The molecule has 0 bridgehead atoms. The Hall–Kier alpha value is -2.38. The predicted molar refractivity (Wildman–Crippen MR) is 187 cm³/mol. The van der Waals surface area contributed by atoms with Gasteiger partial charge in [-0.2, -0.15) is 0 Å². The highest BCUT2D eigenvalue weighted by Crippen LogP contribution is 2.75. The number of ketones is 1. The molecule has 5 aliphatic rings. The van der Waals surface area contributed by atoms with Crippen molar-refractivity contribution >= 4 is 23.8 Å². The minimum Gasteiger partial charge on any atom is -0.462 e. The molecule has 8 atom stereocenters. The number of nitrogens with one attached hydrogen (secondary N) is 2. The van der Waals surface area contributed by atoms with Crippen molar-refractivity contribution in [2.24, 2.45) is 45.3 Å². The largest absolute Gasteiger partial charge is 0.462 e. The maximum Gasteiger partial charge on any atom is 0.408 e. The number of carbonyl (C=O) groups excluding carboxylic acids is 4. The average Bonchev–Trinajstić information content (AvgIpc) is 3.21. The van der Waals surface area contributed by atoms with E-state index in [0.29, 0.717) is 18.3 Å². The predicted octanol–water partition coefficient (Wildman–Crippen LogP) is 8.07. The number of amides is 2. The van der Waals surface area contributed by atoms with Gasteiger partial charge in [0.15, 0.2) is 5.78 Å². The van der Waals surface area contributed by atoms with E-state index >= 15 is 0 Å². The van der Waals surface area contributed by atoms with Crippen molar-refractivity contribution in [2.75, 3.05) is 0 Å². The lowest BCUT2D eigenvalue weighted by atomic mass is 9.33. The van der Waals surface area contributed by atoms with Crippen molar-refractivity contribution in [3.8, 4) is 0 Å². The standard InChI is InChI=1S/C40H64N2O6/c1-23(2)30-26(44)22-40(41-32(45)36(9,10)42-33(46)48-34(4,5)6)21-20-38(12)25(31(30)40)14-15-28-37(11)18-17-29(47-24(3)43)35(7,8)27(37)16-19-39(28,38)13/h23,25,27-29H,14-22H2,1-13H3,(H,41,45)(H,42,46). The van der Waals surface area contributed by atoms with Gasteiger partial charge < -0.3 is 20.1 Å². The topological polar surface area (TPSA) is 111 Å². The minimum atomic E-state index is -1.24. The zero-order valence-electron chi connectivity index (χ0n) is 32.2. The summed E-state index contributed by atoms with van der Waals surface area (Å²) in [5.41, 5.74) is -0.556. The Morgan fingerprint density at radius 2 is 1.48 bits per heavy atom. The number of fused-ring (bicyclic) bond motifs is 7. The van der Waals surface area contributed by atoms with E-state index in [1.165, 1.54) is 12.5 Å². The van der Waals surface area contributed by atoms with Crippen LogP contribution in [0.5, 0.6) is 0 Å². The highest BCUT2D eigenvalue weighted by molar-refractivity contribution is 6.03. The quantitative estimate of drug-likeness (QED) is 0.287. The van der Waals surface area contributed by atoms with Gasteiger partial charge in [0.25, 0.3) is 0 Å². The van der Waals surface area contributed by atoms with E-state index in [9.17, 15) is 19.2 Å². The van der Waals surface area contributed by atoms with Crippen LogP contribution in [0.25, 0.3) is 0 Å². The highest BCUT2D eigenvalue weighted by atomic mass is 16.6. The normalized spacial score (nSPS) is 39.1. The van der Waals surface area contributed by atoms with E-state index in [-0.39, 0.29) is 63.7 Å². The van der Waals surface area contributed by atoms with E-state index in [4.69, 9.17) is 9.47 Å². The molecule has 0 radical (unpaired) electrons. The summed E-state index contributed by atoms with van der Waals surface area (Å²) in [4.78, 5) is 52.8. The van der Waals surface area contributed by atoms with Crippen LogP contribution < -0.4 is 10.6 Å². The van der Waals surface area contributed by atoms with Gasteiger partial charge in [-0.15, -0.1) is 0 Å². The lowest BCUT2D eigenvalue weighted by Crippen LogP contribution is -2.68. The van der Waals surface area contributed by atoms with Gasteiger partial charge in [0.05, 0.1) is 5.54 Å². The number of Topliss-reactive ketones (excluding diaryl/α,β-unsaturated/α-hetero) is 1. The number of ether oxygens (including phenoxy) is 2.